The molecule has 1 aliphatic rings. The molecule has 1 amide bonds. The fourth-order valence-electron chi connectivity index (χ4n) is 3.04. The van der Waals surface area contributed by atoms with Crippen molar-refractivity contribution in [1.29, 1.82) is 0 Å². The van der Waals surface area contributed by atoms with Crippen LogP contribution in [0.5, 0.6) is 5.75 Å². The zero-order chi connectivity index (χ0) is 16.7. The molecule has 0 bridgehead atoms. The van der Waals surface area contributed by atoms with Gasteiger partial charge in [-0.2, -0.15) is 14.6 Å². The quantitative estimate of drug-likeness (QED) is 0.755. The van der Waals surface area contributed by atoms with Crippen LogP contribution >= 0.6 is 0 Å². The number of anilines is 1. The van der Waals surface area contributed by atoms with Crippen LogP contribution in [0.4, 0.5) is 5.82 Å². The van der Waals surface area contributed by atoms with Crippen molar-refractivity contribution in [3.05, 3.63) is 52.1 Å². The van der Waals surface area contributed by atoms with E-state index in [2.05, 4.69) is 20.4 Å². The molecule has 2 aromatic heterocycles. The second-order valence-electron chi connectivity index (χ2n) is 5.52. The molecule has 0 spiro atoms. The van der Waals surface area contributed by atoms with Gasteiger partial charge in [0.1, 0.15) is 17.9 Å². The van der Waals surface area contributed by atoms with Gasteiger partial charge in [-0.25, -0.2) is 0 Å². The fourth-order valence-corrected chi connectivity index (χ4v) is 3.04. The molecule has 2 N–H and O–H groups in total. The van der Waals surface area contributed by atoms with Crippen LogP contribution in [0.25, 0.3) is 5.78 Å². The average Bonchev–Trinajstić information content (AvgIpc) is 3.03. The minimum absolute atomic E-state index is 0.163. The average molecular weight is 325 g/mol. The third-order valence-electron chi connectivity index (χ3n) is 4.07. The van der Waals surface area contributed by atoms with Crippen molar-refractivity contribution in [3.63, 3.8) is 0 Å². The van der Waals surface area contributed by atoms with Crippen LogP contribution in [-0.2, 0) is 4.79 Å². The lowest BCUT2D eigenvalue weighted by atomic mass is 9.87. The van der Waals surface area contributed by atoms with E-state index in [0.29, 0.717) is 23.8 Å². The number of hydrogen-bond acceptors (Lipinski definition) is 5. The lowest BCUT2D eigenvalue weighted by molar-refractivity contribution is -0.116. The predicted octanol–water partition coefficient (Wildman–Crippen LogP) is 1.29. The van der Waals surface area contributed by atoms with E-state index in [4.69, 9.17) is 4.74 Å². The number of carbonyl (C=O) groups excluding carboxylic acids is 1. The number of rotatable bonds is 3. The molecule has 8 heteroatoms. The highest BCUT2D eigenvalue weighted by atomic mass is 16.5. The third kappa shape index (κ3) is 2.23. The monoisotopic (exact) mass is 325 g/mol. The Balaban J connectivity index is 1.86. The molecule has 3 heterocycles. The number of nitrogens with zero attached hydrogens (tertiary/aromatic N) is 3. The summed E-state index contributed by atoms with van der Waals surface area (Å²) in [5.74, 6) is 0.917. The number of hydrogen-bond donors (Lipinski definition) is 2. The number of aromatic nitrogens is 4. The predicted molar refractivity (Wildman–Crippen MR) is 86.3 cm³/mol. The summed E-state index contributed by atoms with van der Waals surface area (Å²) >= 11 is 0. The summed E-state index contributed by atoms with van der Waals surface area (Å²) in [7, 11) is 0. The maximum absolute atomic E-state index is 12.5. The van der Waals surface area contributed by atoms with Gasteiger partial charge in [-0.3, -0.25) is 14.6 Å². The van der Waals surface area contributed by atoms with Gasteiger partial charge >= 0.3 is 0 Å². The summed E-state index contributed by atoms with van der Waals surface area (Å²) in [5, 5.41) is 6.81. The third-order valence-corrected chi connectivity index (χ3v) is 4.07. The first kappa shape index (κ1) is 14.4. The maximum atomic E-state index is 12.5. The zero-order valence-corrected chi connectivity index (χ0v) is 12.9. The molecule has 0 saturated heterocycles. The van der Waals surface area contributed by atoms with E-state index in [0.717, 1.165) is 11.3 Å². The smallest absolute Gasteiger partial charge is 0.258 e. The number of ether oxygens (including phenoxy) is 1. The van der Waals surface area contributed by atoms with Crippen LogP contribution < -0.4 is 15.6 Å². The van der Waals surface area contributed by atoms with Gasteiger partial charge < -0.3 is 10.1 Å². The Hall–Kier alpha value is -3.16. The van der Waals surface area contributed by atoms with E-state index in [1.54, 1.807) is 0 Å². The molecule has 0 aliphatic carbocycles. The van der Waals surface area contributed by atoms with Gasteiger partial charge in [0.05, 0.1) is 12.2 Å². The molecule has 3 aromatic rings. The first-order valence-corrected chi connectivity index (χ1v) is 7.66. The SMILES string of the molecule is CCOc1ccc([C@@H]2CC(=O)Nc3c2c(=O)[nH]c2ncnn32)cc1. The molecule has 24 heavy (non-hydrogen) atoms. The van der Waals surface area contributed by atoms with E-state index in [9.17, 15) is 9.59 Å². The molecular weight excluding hydrogens is 310 g/mol. The number of carbonyl (C=O) groups is 1. The van der Waals surface area contributed by atoms with E-state index in [-0.39, 0.29) is 23.8 Å². The Bertz CT molecular complexity index is 974. The summed E-state index contributed by atoms with van der Waals surface area (Å²) in [6.45, 7) is 2.50. The van der Waals surface area contributed by atoms with Crippen LogP contribution in [0.1, 0.15) is 30.4 Å². The molecule has 0 fully saturated rings. The number of nitrogens with one attached hydrogen (secondary N) is 2. The summed E-state index contributed by atoms with van der Waals surface area (Å²) in [6, 6.07) is 7.44. The van der Waals surface area contributed by atoms with Gasteiger partial charge in [0.25, 0.3) is 5.56 Å². The molecular formula is C16H15N5O3. The van der Waals surface area contributed by atoms with Crippen molar-refractivity contribution in [2.24, 2.45) is 0 Å². The van der Waals surface area contributed by atoms with Crippen molar-refractivity contribution >= 4 is 17.5 Å². The normalized spacial score (nSPS) is 16.7. The largest absolute Gasteiger partial charge is 0.494 e. The molecule has 4 rings (SSSR count). The number of fused-ring (bicyclic) bond motifs is 3. The van der Waals surface area contributed by atoms with Gasteiger partial charge in [0.15, 0.2) is 0 Å². The van der Waals surface area contributed by atoms with Crippen molar-refractivity contribution in [3.8, 4) is 5.75 Å². The van der Waals surface area contributed by atoms with Crippen LogP contribution in [0.3, 0.4) is 0 Å². The van der Waals surface area contributed by atoms with Crippen molar-refractivity contribution < 1.29 is 9.53 Å². The van der Waals surface area contributed by atoms with Crippen LogP contribution in [0.15, 0.2) is 35.4 Å². The van der Waals surface area contributed by atoms with Gasteiger partial charge in [-0.15, -0.1) is 0 Å². The Morgan fingerprint density at radius 3 is 2.83 bits per heavy atom. The highest BCUT2D eigenvalue weighted by Gasteiger charge is 2.31. The molecule has 122 valence electrons. The van der Waals surface area contributed by atoms with Crippen molar-refractivity contribution in [2.45, 2.75) is 19.3 Å². The first-order chi connectivity index (χ1) is 11.7. The Morgan fingerprint density at radius 2 is 2.08 bits per heavy atom. The fraction of sp³-hybridized carbons (Fsp3) is 0.250. The molecule has 8 nitrogen and oxygen atoms in total. The number of benzene rings is 1. The van der Waals surface area contributed by atoms with Crippen molar-refractivity contribution in [2.75, 3.05) is 11.9 Å². The zero-order valence-electron chi connectivity index (χ0n) is 12.9. The second-order valence-corrected chi connectivity index (χ2v) is 5.52. The Morgan fingerprint density at radius 1 is 1.29 bits per heavy atom. The van der Waals surface area contributed by atoms with E-state index >= 15 is 0 Å². The Labute approximate surface area is 136 Å². The second kappa shape index (κ2) is 5.48. The van der Waals surface area contributed by atoms with E-state index < -0.39 is 0 Å². The minimum Gasteiger partial charge on any atom is -0.494 e. The number of H-pyrrole nitrogens is 1. The van der Waals surface area contributed by atoms with Gasteiger partial charge in [0, 0.05) is 12.3 Å². The Kier molecular flexibility index (Phi) is 3.30. The molecule has 0 unspecified atom stereocenters. The molecule has 1 aromatic carbocycles. The van der Waals surface area contributed by atoms with Crippen LogP contribution in [0, 0.1) is 0 Å². The first-order valence-electron chi connectivity index (χ1n) is 7.66. The number of aromatic amines is 1. The minimum atomic E-state index is -0.346. The van der Waals surface area contributed by atoms with Gasteiger partial charge in [-0.1, -0.05) is 12.1 Å². The summed E-state index contributed by atoms with van der Waals surface area (Å²) in [6.07, 6.45) is 1.53. The summed E-state index contributed by atoms with van der Waals surface area (Å²) < 4.78 is 6.88. The van der Waals surface area contributed by atoms with Gasteiger partial charge in [-0.05, 0) is 24.6 Å². The van der Waals surface area contributed by atoms with E-state index in [1.165, 1.54) is 10.8 Å². The lowest BCUT2D eigenvalue weighted by Gasteiger charge is -2.25. The molecule has 1 aliphatic heterocycles. The molecule has 0 radical (unpaired) electrons. The standard InChI is InChI=1S/C16H15N5O3/c1-2-24-10-5-3-9(4-6-10)11-7-12(22)19-14-13(11)15(23)20-16-17-8-18-21(14)16/h3-6,8,11H,2,7H2,1H3,(H,19,22)(H,17,18,20,23)/t11-/m0/s1. The topological polar surface area (TPSA) is 101 Å². The van der Waals surface area contributed by atoms with Crippen molar-refractivity contribution in [1.82, 2.24) is 19.6 Å². The maximum Gasteiger partial charge on any atom is 0.258 e. The molecule has 1 atom stereocenters. The highest BCUT2D eigenvalue weighted by Crippen LogP contribution is 2.35. The molecule has 0 saturated carbocycles. The van der Waals surface area contributed by atoms with Crippen LogP contribution in [0.2, 0.25) is 0 Å². The van der Waals surface area contributed by atoms with E-state index in [1.807, 2.05) is 31.2 Å². The summed E-state index contributed by atoms with van der Waals surface area (Å²) in [4.78, 5) is 31.3. The van der Waals surface area contributed by atoms with Gasteiger partial charge in [0.2, 0.25) is 11.7 Å². The lowest BCUT2D eigenvalue weighted by Crippen LogP contribution is -2.32. The van der Waals surface area contributed by atoms with Crippen LogP contribution in [-0.4, -0.2) is 32.1 Å². The highest BCUT2D eigenvalue weighted by molar-refractivity contribution is 5.94. The number of amides is 1. The summed E-state index contributed by atoms with van der Waals surface area (Å²) in [5.41, 5.74) is 1.08.